The maximum Gasteiger partial charge on any atom is 0.262 e. The molecule has 2 aliphatic heterocycles. The summed E-state index contributed by atoms with van der Waals surface area (Å²) in [7, 11) is 0. The number of hydrogen-bond donors (Lipinski definition) is 2. The molecule has 7 heteroatoms. The molecule has 0 saturated carbocycles. The number of aliphatic hydroxyl groups excluding tert-OH is 1. The summed E-state index contributed by atoms with van der Waals surface area (Å²) in [6, 6.07) is 7.67. The zero-order valence-electron chi connectivity index (χ0n) is 15.7. The van der Waals surface area contributed by atoms with Gasteiger partial charge >= 0.3 is 0 Å². The minimum atomic E-state index is -2.79. The molecule has 1 saturated heterocycles. The molecule has 1 fully saturated rings. The van der Waals surface area contributed by atoms with Gasteiger partial charge in [0.1, 0.15) is 0 Å². The van der Waals surface area contributed by atoms with E-state index in [1.807, 2.05) is 24.4 Å². The van der Waals surface area contributed by atoms with Crippen molar-refractivity contribution in [2.45, 2.75) is 31.2 Å². The number of aromatic nitrogens is 1. The predicted molar refractivity (Wildman–Crippen MR) is 104 cm³/mol. The van der Waals surface area contributed by atoms with Crippen LogP contribution in [0.4, 0.5) is 8.78 Å². The highest BCUT2D eigenvalue weighted by molar-refractivity contribution is 5.93. The Kier molecular flexibility index (Phi) is 5.21. The zero-order chi connectivity index (χ0) is 19.7. The van der Waals surface area contributed by atoms with E-state index in [0.717, 1.165) is 17.5 Å². The summed E-state index contributed by atoms with van der Waals surface area (Å²) in [4.78, 5) is 19.2. The Morgan fingerprint density at radius 1 is 1.32 bits per heavy atom. The molecule has 150 valence electrons. The molecule has 1 aromatic heterocycles. The number of aliphatic hydroxyl groups is 1. The predicted octanol–water partition coefficient (Wildman–Crippen LogP) is 2.88. The molecule has 1 aromatic carbocycles. The van der Waals surface area contributed by atoms with Gasteiger partial charge in [-0.2, -0.15) is 0 Å². The van der Waals surface area contributed by atoms with Crippen molar-refractivity contribution < 1.29 is 18.7 Å². The molecule has 4 rings (SSSR count). The van der Waals surface area contributed by atoms with E-state index >= 15 is 0 Å². The van der Waals surface area contributed by atoms with Crippen LogP contribution in [-0.4, -0.2) is 70.5 Å². The lowest BCUT2D eigenvalue weighted by Gasteiger charge is -2.30. The quantitative estimate of drug-likeness (QED) is 0.827. The van der Waals surface area contributed by atoms with Crippen molar-refractivity contribution in [3.05, 3.63) is 42.1 Å². The van der Waals surface area contributed by atoms with Gasteiger partial charge in [-0.25, -0.2) is 8.78 Å². The average Bonchev–Trinajstić information content (AvgIpc) is 3.22. The van der Waals surface area contributed by atoms with Crippen molar-refractivity contribution in [3.63, 3.8) is 0 Å². The molecule has 0 spiro atoms. The van der Waals surface area contributed by atoms with E-state index in [2.05, 4.69) is 17.1 Å². The molecule has 1 atom stereocenters. The largest absolute Gasteiger partial charge is 0.396 e. The van der Waals surface area contributed by atoms with Crippen LogP contribution in [0.2, 0.25) is 0 Å². The Hall–Kier alpha value is -2.25. The number of nitrogens with zero attached hydrogens (tertiary/aromatic N) is 2. The molecule has 2 aromatic rings. The molecule has 1 unspecified atom stereocenters. The number of halogens is 2. The third-order valence-corrected chi connectivity index (χ3v) is 5.78. The Balaban J connectivity index is 1.41. The maximum atomic E-state index is 13.7. The first-order valence-electron chi connectivity index (χ1n) is 9.73. The number of hydrogen-bond acceptors (Lipinski definition) is 3. The first-order valence-corrected chi connectivity index (χ1v) is 9.73. The van der Waals surface area contributed by atoms with E-state index in [1.54, 1.807) is 4.90 Å². The van der Waals surface area contributed by atoms with Crippen LogP contribution in [0.3, 0.4) is 0 Å². The van der Waals surface area contributed by atoms with E-state index < -0.39 is 18.5 Å². The Bertz CT molecular complexity index is 893. The lowest BCUT2D eigenvalue weighted by atomic mass is 9.99. The SMILES string of the molecule is O=C(CN1CC(F)(F)CC1CCO)N1CC=C(c2c[nH]c3ccccc23)CC1. The molecular weight excluding hydrogens is 364 g/mol. The standard InChI is InChI=1S/C21H25F2N3O2/c22-21(23)11-16(7-10-27)26(14-21)13-20(28)25-8-5-15(6-9-25)18-12-24-19-4-2-1-3-17(18)19/h1-5,12,16,24,27H,6-11,13-14H2. The highest BCUT2D eigenvalue weighted by atomic mass is 19.3. The van der Waals surface area contributed by atoms with Gasteiger partial charge < -0.3 is 15.0 Å². The highest BCUT2D eigenvalue weighted by Gasteiger charge is 2.45. The van der Waals surface area contributed by atoms with Crippen LogP contribution in [0.5, 0.6) is 0 Å². The third kappa shape index (κ3) is 3.82. The van der Waals surface area contributed by atoms with Gasteiger partial charge in [0.05, 0.1) is 13.1 Å². The number of H-pyrrole nitrogens is 1. The monoisotopic (exact) mass is 389 g/mol. The fraction of sp³-hybridized carbons (Fsp3) is 0.476. The number of rotatable bonds is 5. The molecule has 0 radical (unpaired) electrons. The normalized spacial score (nSPS) is 22.6. The minimum absolute atomic E-state index is 0.0173. The number of aromatic amines is 1. The fourth-order valence-electron chi connectivity index (χ4n) is 4.33. The summed E-state index contributed by atoms with van der Waals surface area (Å²) in [6.07, 6.45) is 4.78. The van der Waals surface area contributed by atoms with Crippen molar-refractivity contribution in [3.8, 4) is 0 Å². The van der Waals surface area contributed by atoms with Crippen LogP contribution in [0.25, 0.3) is 16.5 Å². The summed E-state index contributed by atoms with van der Waals surface area (Å²) < 4.78 is 27.5. The molecule has 1 amide bonds. The van der Waals surface area contributed by atoms with Crippen molar-refractivity contribution in [1.82, 2.24) is 14.8 Å². The Morgan fingerprint density at radius 3 is 2.89 bits per heavy atom. The van der Waals surface area contributed by atoms with Gasteiger partial charge in [0.25, 0.3) is 5.92 Å². The molecule has 28 heavy (non-hydrogen) atoms. The van der Waals surface area contributed by atoms with Crippen LogP contribution >= 0.6 is 0 Å². The van der Waals surface area contributed by atoms with Gasteiger partial charge in [-0.15, -0.1) is 0 Å². The molecule has 5 nitrogen and oxygen atoms in total. The number of para-hydroxylation sites is 1. The summed E-state index contributed by atoms with van der Waals surface area (Å²) >= 11 is 0. The molecule has 0 aliphatic carbocycles. The minimum Gasteiger partial charge on any atom is -0.396 e. The summed E-state index contributed by atoms with van der Waals surface area (Å²) in [5, 5.41) is 10.3. The van der Waals surface area contributed by atoms with E-state index in [1.165, 1.54) is 15.9 Å². The third-order valence-electron chi connectivity index (χ3n) is 5.78. The number of likely N-dealkylation sites (tertiary alicyclic amines) is 1. The van der Waals surface area contributed by atoms with Crippen molar-refractivity contribution in [2.75, 3.05) is 32.8 Å². The van der Waals surface area contributed by atoms with Crippen LogP contribution in [-0.2, 0) is 4.79 Å². The number of alkyl halides is 2. The number of amides is 1. The molecule has 3 heterocycles. The second-order valence-corrected chi connectivity index (χ2v) is 7.70. The lowest BCUT2D eigenvalue weighted by Crippen LogP contribution is -2.44. The van der Waals surface area contributed by atoms with Crippen LogP contribution in [0.15, 0.2) is 36.5 Å². The van der Waals surface area contributed by atoms with E-state index in [4.69, 9.17) is 5.11 Å². The fourth-order valence-corrected chi connectivity index (χ4v) is 4.33. The summed E-state index contributed by atoms with van der Waals surface area (Å²) in [6.45, 7) is 0.498. The highest BCUT2D eigenvalue weighted by Crippen LogP contribution is 2.34. The van der Waals surface area contributed by atoms with E-state index in [0.29, 0.717) is 13.1 Å². The Labute approximate surface area is 162 Å². The molecular formula is C21H25F2N3O2. The van der Waals surface area contributed by atoms with Gasteiger partial charge in [0.15, 0.2) is 0 Å². The number of carbonyl (C=O) groups is 1. The second kappa shape index (κ2) is 7.64. The molecule has 2 N–H and O–H groups in total. The zero-order valence-corrected chi connectivity index (χ0v) is 15.7. The smallest absolute Gasteiger partial charge is 0.262 e. The van der Waals surface area contributed by atoms with Gasteiger partial charge in [-0.05, 0) is 24.5 Å². The molecule has 2 aliphatic rings. The first-order chi connectivity index (χ1) is 13.5. The van der Waals surface area contributed by atoms with E-state index in [-0.39, 0.29) is 31.9 Å². The Morgan fingerprint density at radius 2 is 2.14 bits per heavy atom. The molecule has 0 bridgehead atoms. The number of benzene rings is 1. The van der Waals surface area contributed by atoms with Crippen molar-refractivity contribution >= 4 is 22.4 Å². The van der Waals surface area contributed by atoms with Crippen LogP contribution in [0, 0.1) is 0 Å². The summed E-state index contributed by atoms with van der Waals surface area (Å²) in [5.41, 5.74) is 3.44. The van der Waals surface area contributed by atoms with Gasteiger partial charge in [0.2, 0.25) is 5.91 Å². The van der Waals surface area contributed by atoms with Crippen molar-refractivity contribution in [1.29, 1.82) is 0 Å². The van der Waals surface area contributed by atoms with Gasteiger partial charge in [-0.3, -0.25) is 9.69 Å². The van der Waals surface area contributed by atoms with Gasteiger partial charge in [-0.1, -0.05) is 24.3 Å². The number of nitrogens with one attached hydrogen (secondary N) is 1. The van der Waals surface area contributed by atoms with Gasteiger partial charge in [0, 0.05) is 54.8 Å². The lowest BCUT2D eigenvalue weighted by molar-refractivity contribution is -0.132. The summed E-state index contributed by atoms with van der Waals surface area (Å²) in [5.74, 6) is -2.92. The second-order valence-electron chi connectivity index (χ2n) is 7.70. The number of carbonyl (C=O) groups excluding carboxylic acids is 1. The first kappa shape index (κ1) is 19.1. The van der Waals surface area contributed by atoms with Crippen LogP contribution in [0.1, 0.15) is 24.8 Å². The van der Waals surface area contributed by atoms with Crippen LogP contribution < -0.4 is 0 Å². The maximum absolute atomic E-state index is 13.7. The topological polar surface area (TPSA) is 59.6 Å². The van der Waals surface area contributed by atoms with E-state index in [9.17, 15) is 13.6 Å². The van der Waals surface area contributed by atoms with Crippen molar-refractivity contribution in [2.24, 2.45) is 0 Å². The average molecular weight is 389 g/mol. The number of fused-ring (bicyclic) bond motifs is 1.